The summed E-state index contributed by atoms with van der Waals surface area (Å²) >= 11 is 1.60. The van der Waals surface area contributed by atoms with Crippen LogP contribution in [0, 0.1) is 0 Å². The highest BCUT2D eigenvalue weighted by molar-refractivity contribution is 7.16. The quantitative estimate of drug-likeness (QED) is 0.870. The molecule has 1 aliphatic rings. The number of piperidine rings is 1. The molecule has 1 atom stereocenters. The van der Waals surface area contributed by atoms with E-state index in [1.54, 1.807) is 11.3 Å². The molecule has 0 radical (unpaired) electrons. The van der Waals surface area contributed by atoms with E-state index < -0.39 is 0 Å². The summed E-state index contributed by atoms with van der Waals surface area (Å²) in [6.07, 6.45) is 2.52. The first kappa shape index (κ1) is 14.4. The van der Waals surface area contributed by atoms with Crippen LogP contribution in [0.25, 0.3) is 4.96 Å². The first-order valence-corrected chi connectivity index (χ1v) is 8.41. The van der Waals surface area contributed by atoms with E-state index in [1.807, 2.05) is 9.42 Å². The van der Waals surface area contributed by atoms with Crippen LogP contribution in [0.2, 0.25) is 0 Å². The average molecular weight is 307 g/mol. The summed E-state index contributed by atoms with van der Waals surface area (Å²) in [5.41, 5.74) is 0. The third-order valence-corrected chi connectivity index (χ3v) is 4.95. The van der Waals surface area contributed by atoms with Gasteiger partial charge in [0.05, 0.1) is 0 Å². The maximum absolute atomic E-state index is 11.9. The fourth-order valence-corrected chi connectivity index (χ4v) is 3.75. The number of hydrogen-bond acceptors (Lipinski definition) is 5. The van der Waals surface area contributed by atoms with Gasteiger partial charge in [-0.15, -0.1) is 10.2 Å². The molecule has 2 aromatic rings. The Kier molecular flexibility index (Phi) is 3.93. The molecule has 0 aliphatic carbocycles. The molecule has 0 spiro atoms. The Labute approximate surface area is 128 Å². The molecular formula is C14H21N5OS. The molecule has 1 saturated heterocycles. The SMILES string of the molecule is CCCN1C[C@@H](c2nn3c(C(C)C)nnc3s2)CCC1=O. The molecule has 3 heterocycles. The van der Waals surface area contributed by atoms with E-state index in [-0.39, 0.29) is 5.91 Å². The number of likely N-dealkylation sites (tertiary alicyclic amines) is 1. The molecule has 1 aliphatic heterocycles. The number of nitrogens with zero attached hydrogens (tertiary/aromatic N) is 5. The van der Waals surface area contributed by atoms with Crippen molar-refractivity contribution in [2.75, 3.05) is 13.1 Å². The van der Waals surface area contributed by atoms with Gasteiger partial charge in [-0.2, -0.15) is 9.61 Å². The van der Waals surface area contributed by atoms with Crippen LogP contribution in [-0.4, -0.2) is 43.7 Å². The Balaban J connectivity index is 1.85. The van der Waals surface area contributed by atoms with Gasteiger partial charge < -0.3 is 4.90 Å². The summed E-state index contributed by atoms with van der Waals surface area (Å²) in [5.74, 6) is 1.82. The Morgan fingerprint density at radius 2 is 2.19 bits per heavy atom. The molecule has 3 rings (SSSR count). The minimum Gasteiger partial charge on any atom is -0.342 e. The standard InChI is InChI=1S/C14H21N5OS/c1-4-7-18-8-10(5-6-11(18)20)13-17-19-12(9(2)3)15-16-14(19)21-13/h9-10H,4-8H2,1-3H3/t10-/m0/s1. The summed E-state index contributed by atoms with van der Waals surface area (Å²) < 4.78 is 1.87. The van der Waals surface area contributed by atoms with Crippen LogP contribution in [0.3, 0.4) is 0 Å². The van der Waals surface area contributed by atoms with Crippen molar-refractivity contribution in [2.45, 2.75) is 51.9 Å². The van der Waals surface area contributed by atoms with Crippen LogP contribution in [0.15, 0.2) is 0 Å². The highest BCUT2D eigenvalue weighted by atomic mass is 32.1. The third kappa shape index (κ3) is 2.66. The van der Waals surface area contributed by atoms with E-state index in [2.05, 4.69) is 31.0 Å². The summed E-state index contributed by atoms with van der Waals surface area (Å²) in [5, 5.41) is 14.2. The lowest BCUT2D eigenvalue weighted by Crippen LogP contribution is -2.39. The van der Waals surface area contributed by atoms with Crippen LogP contribution in [-0.2, 0) is 4.79 Å². The molecule has 1 fully saturated rings. The first-order chi connectivity index (χ1) is 10.1. The van der Waals surface area contributed by atoms with E-state index in [9.17, 15) is 4.79 Å². The minimum atomic E-state index is 0.277. The second-order valence-electron chi connectivity index (χ2n) is 5.92. The lowest BCUT2D eigenvalue weighted by Gasteiger charge is -2.31. The van der Waals surface area contributed by atoms with Crippen molar-refractivity contribution in [3.05, 3.63) is 10.8 Å². The predicted octanol–water partition coefficient (Wildman–Crippen LogP) is 2.43. The van der Waals surface area contributed by atoms with Crippen LogP contribution >= 0.6 is 11.3 Å². The topological polar surface area (TPSA) is 63.4 Å². The third-order valence-electron chi connectivity index (χ3n) is 3.89. The molecule has 21 heavy (non-hydrogen) atoms. The van der Waals surface area contributed by atoms with Crippen molar-refractivity contribution in [1.29, 1.82) is 0 Å². The Hall–Kier alpha value is -1.50. The van der Waals surface area contributed by atoms with Gasteiger partial charge in [0, 0.05) is 31.3 Å². The van der Waals surface area contributed by atoms with Crippen molar-refractivity contribution < 1.29 is 4.79 Å². The van der Waals surface area contributed by atoms with E-state index >= 15 is 0 Å². The average Bonchev–Trinajstić information content (AvgIpc) is 3.00. The summed E-state index contributed by atoms with van der Waals surface area (Å²) in [6.45, 7) is 7.93. The first-order valence-electron chi connectivity index (χ1n) is 7.60. The maximum atomic E-state index is 11.9. The molecule has 114 valence electrons. The molecular weight excluding hydrogens is 286 g/mol. The highest BCUT2D eigenvalue weighted by Gasteiger charge is 2.29. The fourth-order valence-electron chi connectivity index (χ4n) is 2.77. The molecule has 1 amide bonds. The molecule has 0 unspecified atom stereocenters. The van der Waals surface area contributed by atoms with Crippen molar-refractivity contribution in [2.24, 2.45) is 0 Å². The van der Waals surface area contributed by atoms with E-state index in [0.717, 1.165) is 41.7 Å². The lowest BCUT2D eigenvalue weighted by atomic mass is 9.98. The molecule has 2 aromatic heterocycles. The number of rotatable bonds is 4. The van der Waals surface area contributed by atoms with Gasteiger partial charge in [0.25, 0.3) is 0 Å². The van der Waals surface area contributed by atoms with Gasteiger partial charge >= 0.3 is 0 Å². The van der Waals surface area contributed by atoms with Crippen LogP contribution < -0.4 is 0 Å². The lowest BCUT2D eigenvalue weighted by molar-refractivity contribution is -0.133. The number of carbonyl (C=O) groups is 1. The van der Waals surface area contributed by atoms with Crippen LogP contribution in [0.4, 0.5) is 0 Å². The van der Waals surface area contributed by atoms with Crippen molar-refractivity contribution in [3.63, 3.8) is 0 Å². The van der Waals surface area contributed by atoms with Gasteiger partial charge in [-0.05, 0) is 12.8 Å². The minimum absolute atomic E-state index is 0.277. The Morgan fingerprint density at radius 3 is 2.90 bits per heavy atom. The summed E-state index contributed by atoms with van der Waals surface area (Å²) in [7, 11) is 0. The van der Waals surface area contributed by atoms with Gasteiger partial charge in [-0.25, -0.2) is 0 Å². The van der Waals surface area contributed by atoms with Crippen molar-refractivity contribution >= 4 is 22.2 Å². The highest BCUT2D eigenvalue weighted by Crippen LogP contribution is 2.31. The zero-order valence-corrected chi connectivity index (χ0v) is 13.6. The van der Waals surface area contributed by atoms with Gasteiger partial charge in [0.15, 0.2) is 5.82 Å². The molecule has 0 saturated carbocycles. The van der Waals surface area contributed by atoms with Crippen LogP contribution in [0.5, 0.6) is 0 Å². The summed E-state index contributed by atoms with van der Waals surface area (Å²) in [6, 6.07) is 0. The van der Waals surface area contributed by atoms with Gasteiger partial charge in [0.1, 0.15) is 5.01 Å². The zero-order chi connectivity index (χ0) is 15.0. The smallest absolute Gasteiger partial charge is 0.234 e. The molecule has 7 heteroatoms. The second-order valence-corrected chi connectivity index (χ2v) is 6.91. The number of aromatic nitrogens is 4. The normalized spacial score (nSPS) is 19.9. The monoisotopic (exact) mass is 307 g/mol. The number of fused-ring (bicyclic) bond motifs is 1. The molecule has 0 N–H and O–H groups in total. The van der Waals surface area contributed by atoms with Gasteiger partial charge in [0.2, 0.25) is 10.9 Å². The maximum Gasteiger partial charge on any atom is 0.234 e. The van der Waals surface area contributed by atoms with E-state index in [4.69, 9.17) is 5.10 Å². The second kappa shape index (κ2) is 5.71. The number of carbonyl (C=O) groups excluding carboxylic acids is 1. The van der Waals surface area contributed by atoms with Crippen molar-refractivity contribution in [1.82, 2.24) is 24.7 Å². The Morgan fingerprint density at radius 1 is 1.38 bits per heavy atom. The Bertz CT molecular complexity index is 647. The number of hydrogen-bond donors (Lipinski definition) is 0. The van der Waals surface area contributed by atoms with E-state index in [1.165, 1.54) is 0 Å². The van der Waals surface area contributed by atoms with Gasteiger partial charge in [-0.3, -0.25) is 4.79 Å². The zero-order valence-electron chi connectivity index (χ0n) is 12.7. The fraction of sp³-hybridized carbons (Fsp3) is 0.714. The molecule has 6 nitrogen and oxygen atoms in total. The van der Waals surface area contributed by atoms with Crippen LogP contribution in [0.1, 0.15) is 62.7 Å². The van der Waals surface area contributed by atoms with Gasteiger partial charge in [-0.1, -0.05) is 32.1 Å². The van der Waals surface area contributed by atoms with E-state index in [0.29, 0.717) is 18.3 Å². The predicted molar refractivity (Wildman–Crippen MR) is 81.6 cm³/mol. The molecule has 0 aromatic carbocycles. The summed E-state index contributed by atoms with van der Waals surface area (Å²) in [4.78, 5) is 14.7. The largest absolute Gasteiger partial charge is 0.342 e. The molecule has 0 bridgehead atoms. The van der Waals surface area contributed by atoms with Crippen molar-refractivity contribution in [3.8, 4) is 0 Å². The number of amides is 1.